The number of hydrogen-bond acceptors (Lipinski definition) is 9. The van der Waals surface area contributed by atoms with Crippen LogP contribution in [0.1, 0.15) is 85.8 Å². The number of aromatic nitrogens is 3. The Morgan fingerprint density at radius 3 is 2.51 bits per heavy atom. The first-order chi connectivity index (χ1) is 22.5. The van der Waals surface area contributed by atoms with Gasteiger partial charge in [0.1, 0.15) is 28.6 Å². The van der Waals surface area contributed by atoms with Gasteiger partial charge in [0.15, 0.2) is 5.69 Å². The highest BCUT2D eigenvalue weighted by atomic mass is 32.1. The summed E-state index contributed by atoms with van der Waals surface area (Å²) in [5, 5.41) is 10.8. The topological polar surface area (TPSA) is 169 Å². The molecule has 2 atom stereocenters. The molecule has 246 valence electrons. The van der Waals surface area contributed by atoms with Crippen LogP contribution in [-0.2, 0) is 18.3 Å². The Kier molecular flexibility index (Phi) is 10.3. The van der Waals surface area contributed by atoms with Crippen LogP contribution < -0.4 is 21.5 Å². The van der Waals surface area contributed by atoms with E-state index < -0.39 is 47.8 Å². The van der Waals surface area contributed by atoms with Crippen LogP contribution in [0.25, 0.3) is 0 Å². The lowest BCUT2D eigenvalue weighted by molar-refractivity contribution is -0.122. The van der Waals surface area contributed by atoms with E-state index in [0.29, 0.717) is 17.1 Å². The lowest BCUT2D eigenvalue weighted by Gasteiger charge is -2.24. The molecule has 0 spiro atoms. The Balaban J connectivity index is 1.51. The molecule has 0 saturated carbocycles. The number of thiazole rings is 1. The van der Waals surface area contributed by atoms with Gasteiger partial charge in [0.2, 0.25) is 11.8 Å². The summed E-state index contributed by atoms with van der Waals surface area (Å²) in [5.74, 6) is -1.87. The lowest BCUT2D eigenvalue weighted by atomic mass is 10.0. The Morgan fingerprint density at radius 1 is 1.00 bits per heavy atom. The fourth-order valence-electron chi connectivity index (χ4n) is 5.20. The van der Waals surface area contributed by atoms with E-state index >= 15 is 0 Å². The summed E-state index contributed by atoms with van der Waals surface area (Å²) in [6.07, 6.45) is 2.08. The molecule has 0 aliphatic carbocycles. The number of aryl methyl sites for hydroxylation is 1. The highest BCUT2D eigenvalue weighted by Gasteiger charge is 2.28. The molecule has 1 aromatic carbocycles. The number of rotatable bonds is 5. The third-order valence-electron chi connectivity index (χ3n) is 7.81. The molecule has 3 N–H and O–H groups in total. The molecule has 0 radical (unpaired) electrons. The van der Waals surface area contributed by atoms with E-state index in [0.717, 1.165) is 5.56 Å². The fourth-order valence-corrected chi connectivity index (χ4v) is 6.06. The monoisotopic (exact) mass is 659 g/mol. The summed E-state index contributed by atoms with van der Waals surface area (Å²) in [4.78, 5) is 76.9. The van der Waals surface area contributed by atoms with Crippen molar-refractivity contribution >= 4 is 35.0 Å². The molecule has 4 aromatic rings. The molecule has 3 aromatic heterocycles. The number of benzene rings is 1. The minimum Gasteiger partial charge on any atom is -0.446 e. The van der Waals surface area contributed by atoms with Crippen molar-refractivity contribution in [3.05, 3.63) is 104 Å². The molecular weight excluding hydrogens is 622 g/mol. The molecule has 5 rings (SSSR count). The second-order valence-electron chi connectivity index (χ2n) is 11.8. The van der Waals surface area contributed by atoms with Crippen LogP contribution in [0.4, 0.5) is 0 Å². The molecule has 4 amide bonds. The minimum atomic E-state index is -0.790. The number of pyridine rings is 1. The van der Waals surface area contributed by atoms with Gasteiger partial charge >= 0.3 is 0 Å². The van der Waals surface area contributed by atoms with Crippen LogP contribution in [0.3, 0.4) is 0 Å². The molecule has 4 bridgehead atoms. The molecule has 14 heteroatoms. The summed E-state index contributed by atoms with van der Waals surface area (Å²) in [6, 6.07) is 11.2. The van der Waals surface area contributed by atoms with Crippen molar-refractivity contribution in [2.75, 3.05) is 19.6 Å². The first kappa shape index (κ1) is 33.3. The van der Waals surface area contributed by atoms with Gasteiger partial charge in [0, 0.05) is 37.6 Å². The summed E-state index contributed by atoms with van der Waals surface area (Å²) in [6.45, 7) is 5.27. The highest BCUT2D eigenvalue weighted by molar-refractivity contribution is 7.09. The predicted octanol–water partition coefficient (Wildman–Crippen LogP) is 2.94. The maximum Gasteiger partial charge on any atom is 0.273 e. The maximum atomic E-state index is 13.7. The quantitative estimate of drug-likeness (QED) is 0.294. The van der Waals surface area contributed by atoms with Gasteiger partial charge in [0.05, 0.1) is 12.6 Å². The second-order valence-corrected chi connectivity index (χ2v) is 12.7. The summed E-state index contributed by atoms with van der Waals surface area (Å²) in [7, 11) is 1.56. The zero-order valence-corrected chi connectivity index (χ0v) is 27.4. The van der Waals surface area contributed by atoms with E-state index in [1.807, 2.05) is 44.2 Å². The molecule has 0 unspecified atom stereocenters. The molecule has 47 heavy (non-hydrogen) atoms. The second kappa shape index (κ2) is 14.5. The van der Waals surface area contributed by atoms with Crippen LogP contribution in [0.15, 0.2) is 63.3 Å². The Morgan fingerprint density at radius 2 is 1.77 bits per heavy atom. The number of hydrogen-bond donors (Lipinski definition) is 3. The number of amides is 4. The van der Waals surface area contributed by atoms with Crippen molar-refractivity contribution in [3.8, 4) is 0 Å². The number of carbonyl (C=O) groups excluding carboxylic acids is 4. The number of nitrogens with one attached hydrogen (secondary N) is 3. The third kappa shape index (κ3) is 8.01. The van der Waals surface area contributed by atoms with Gasteiger partial charge in [-0.05, 0) is 37.0 Å². The third-order valence-corrected chi connectivity index (χ3v) is 8.77. The van der Waals surface area contributed by atoms with Crippen molar-refractivity contribution in [1.82, 2.24) is 35.4 Å². The van der Waals surface area contributed by atoms with Crippen molar-refractivity contribution in [3.63, 3.8) is 0 Å². The van der Waals surface area contributed by atoms with Crippen LogP contribution in [-0.4, -0.2) is 62.7 Å². The van der Waals surface area contributed by atoms with Crippen molar-refractivity contribution in [2.45, 2.75) is 45.7 Å². The molecule has 1 aliphatic rings. The fraction of sp³-hybridized carbons (Fsp3) is 0.364. The molecule has 0 fully saturated rings. The first-order valence-corrected chi connectivity index (χ1v) is 16.2. The number of oxazole rings is 1. The van der Waals surface area contributed by atoms with E-state index in [2.05, 4.69) is 25.9 Å². The average Bonchev–Trinajstić information content (AvgIpc) is 3.74. The van der Waals surface area contributed by atoms with Gasteiger partial charge in [-0.3, -0.25) is 24.0 Å². The summed E-state index contributed by atoms with van der Waals surface area (Å²) in [5.41, 5.74) is 1.10. The van der Waals surface area contributed by atoms with E-state index in [-0.39, 0.29) is 48.3 Å². The van der Waals surface area contributed by atoms with E-state index in [1.54, 1.807) is 25.4 Å². The van der Waals surface area contributed by atoms with Crippen LogP contribution in [0, 0.1) is 12.8 Å². The minimum absolute atomic E-state index is 0.0143. The van der Waals surface area contributed by atoms with Crippen LogP contribution >= 0.6 is 11.3 Å². The maximum absolute atomic E-state index is 13.7. The number of nitrogens with zero attached hydrogens (tertiary/aromatic N) is 4. The molecule has 1 aliphatic heterocycles. The Labute approximate surface area is 275 Å². The molecule has 4 heterocycles. The van der Waals surface area contributed by atoms with E-state index in [9.17, 15) is 24.0 Å². The number of carbonyl (C=O) groups is 4. The van der Waals surface area contributed by atoms with Gasteiger partial charge in [-0.1, -0.05) is 44.2 Å². The average molecular weight is 660 g/mol. The lowest BCUT2D eigenvalue weighted by Crippen LogP contribution is -2.46. The van der Waals surface area contributed by atoms with E-state index in [4.69, 9.17) is 4.42 Å². The first-order valence-electron chi connectivity index (χ1n) is 15.3. The van der Waals surface area contributed by atoms with Gasteiger partial charge < -0.3 is 29.8 Å². The van der Waals surface area contributed by atoms with Crippen LogP contribution in [0.2, 0.25) is 0 Å². The van der Waals surface area contributed by atoms with Gasteiger partial charge in [-0.25, -0.2) is 9.97 Å². The van der Waals surface area contributed by atoms with Crippen molar-refractivity contribution in [2.24, 2.45) is 13.0 Å². The number of fused-ring (bicyclic) bond motifs is 4. The summed E-state index contributed by atoms with van der Waals surface area (Å²) < 4.78 is 7.10. The summed E-state index contributed by atoms with van der Waals surface area (Å²) >= 11 is 1.25. The predicted molar refractivity (Wildman–Crippen MR) is 174 cm³/mol. The zero-order valence-electron chi connectivity index (χ0n) is 26.6. The van der Waals surface area contributed by atoms with Crippen molar-refractivity contribution < 1.29 is 23.6 Å². The normalized spacial score (nSPS) is 17.8. The molecule has 0 saturated heterocycles. The van der Waals surface area contributed by atoms with Crippen molar-refractivity contribution in [1.29, 1.82) is 0 Å². The SMILES string of the molecule is Cc1ccc(C(=O)N2CCNC(=O)c3csc(n3)[C@H](CC(C)C)NC(=O)c3coc(n3)[C@H](Cc3ccccc3)NC(=O)C2)c(=O)n1C. The molecular formula is C33H37N7O6S. The molecule has 13 nitrogen and oxygen atoms in total. The van der Waals surface area contributed by atoms with Gasteiger partial charge in [0.25, 0.3) is 23.3 Å². The Hall–Kier alpha value is -5.11. The van der Waals surface area contributed by atoms with Crippen LogP contribution in [0.5, 0.6) is 0 Å². The van der Waals surface area contributed by atoms with Gasteiger partial charge in [-0.2, -0.15) is 0 Å². The zero-order chi connectivity index (χ0) is 33.7. The van der Waals surface area contributed by atoms with E-state index in [1.165, 1.54) is 33.1 Å². The largest absolute Gasteiger partial charge is 0.446 e. The smallest absolute Gasteiger partial charge is 0.273 e. The highest BCUT2D eigenvalue weighted by Crippen LogP contribution is 2.26. The van der Waals surface area contributed by atoms with Gasteiger partial charge in [-0.15, -0.1) is 11.3 Å². The Bertz CT molecular complexity index is 1830. The standard InChI is InChI=1S/C33H37N7O6S/c1-19(2)14-24-31-38-26(18-47-31)28(42)34-12-13-40(33(45)22-11-10-20(3)39(4)32(22)44)16-27(41)35-23(15-21-8-6-5-7-9-21)30-37-25(17-46-30)29(43)36-24/h5-11,17-19,23-24H,12-16H2,1-4H3,(H,34,42)(H,35,41)(H,36,43)/t23-,24-/m0/s1.